The summed E-state index contributed by atoms with van der Waals surface area (Å²) >= 11 is 0. The molecule has 78 valence electrons. The molecule has 0 fully saturated rings. The normalized spacial score (nSPS) is 10.8. The summed E-state index contributed by atoms with van der Waals surface area (Å²) in [5.41, 5.74) is 3.46. The molecule has 3 rings (SSSR count). The third kappa shape index (κ3) is 1.42. The Bertz CT molecular complexity index is 680. The summed E-state index contributed by atoms with van der Waals surface area (Å²) in [6.45, 7) is 0. The molecule has 1 aromatic heterocycles. The highest BCUT2D eigenvalue weighted by atomic mass is 16.4. The predicted octanol–water partition coefficient (Wildman–Crippen LogP) is 2.79. The first-order valence-electron chi connectivity index (χ1n) is 5.01. The molecule has 1 N–H and O–H groups in total. The molecule has 0 unspecified atom stereocenters. The number of nitrogens with one attached hydrogen (secondary N) is 1. The Morgan fingerprint density at radius 2 is 1.75 bits per heavy atom. The number of benzene rings is 2. The van der Waals surface area contributed by atoms with Gasteiger partial charge in [0.05, 0.1) is 5.52 Å². The first-order chi connectivity index (χ1) is 7.83. The van der Waals surface area contributed by atoms with E-state index >= 15 is 0 Å². The van der Waals surface area contributed by atoms with Gasteiger partial charge in [-0.25, -0.2) is 4.79 Å². The molecule has 0 spiro atoms. The van der Waals surface area contributed by atoms with E-state index < -0.39 is 5.76 Å². The third-order valence-corrected chi connectivity index (χ3v) is 2.53. The van der Waals surface area contributed by atoms with Crippen molar-refractivity contribution < 1.29 is 4.42 Å². The molecule has 3 nitrogen and oxygen atoms in total. The SMILES string of the molecule is O=c1[nH]c2ccc(-c3ccccc3)cc2o1. The van der Waals surface area contributed by atoms with Gasteiger partial charge < -0.3 is 4.42 Å². The molecular weight excluding hydrogens is 202 g/mol. The van der Waals surface area contributed by atoms with Crippen molar-refractivity contribution in [3.63, 3.8) is 0 Å². The average Bonchev–Trinajstić information content (AvgIpc) is 2.69. The molecule has 0 saturated heterocycles. The lowest BCUT2D eigenvalue weighted by Crippen LogP contribution is -1.92. The minimum Gasteiger partial charge on any atom is -0.408 e. The Balaban J connectivity index is 2.22. The molecule has 3 heteroatoms. The highest BCUT2D eigenvalue weighted by Gasteiger charge is 2.03. The fourth-order valence-electron chi connectivity index (χ4n) is 1.76. The number of hydrogen-bond donors (Lipinski definition) is 1. The number of aromatic nitrogens is 1. The molecule has 0 radical (unpaired) electrons. The van der Waals surface area contributed by atoms with Crippen molar-refractivity contribution >= 4 is 11.1 Å². The molecule has 0 atom stereocenters. The fraction of sp³-hybridized carbons (Fsp3) is 0. The van der Waals surface area contributed by atoms with Crippen molar-refractivity contribution in [1.29, 1.82) is 0 Å². The van der Waals surface area contributed by atoms with Crippen LogP contribution in [0.3, 0.4) is 0 Å². The number of hydrogen-bond acceptors (Lipinski definition) is 2. The van der Waals surface area contributed by atoms with Crippen LogP contribution in [0.4, 0.5) is 0 Å². The lowest BCUT2D eigenvalue weighted by molar-refractivity contribution is 0.555. The first-order valence-corrected chi connectivity index (χ1v) is 5.01. The summed E-state index contributed by atoms with van der Waals surface area (Å²) in [5.74, 6) is -0.416. The van der Waals surface area contributed by atoms with Crippen LogP contribution in [0.25, 0.3) is 22.2 Å². The zero-order chi connectivity index (χ0) is 11.0. The van der Waals surface area contributed by atoms with E-state index in [1.54, 1.807) is 0 Å². The van der Waals surface area contributed by atoms with Crippen LogP contribution in [-0.2, 0) is 0 Å². The largest absolute Gasteiger partial charge is 0.417 e. The number of aromatic amines is 1. The Morgan fingerprint density at radius 1 is 0.938 bits per heavy atom. The van der Waals surface area contributed by atoms with Crippen LogP contribution in [0.5, 0.6) is 0 Å². The van der Waals surface area contributed by atoms with Crippen molar-refractivity contribution in [3.05, 3.63) is 59.1 Å². The van der Waals surface area contributed by atoms with Crippen LogP contribution in [0, 0.1) is 0 Å². The summed E-state index contributed by atoms with van der Waals surface area (Å²) in [4.78, 5) is 13.6. The van der Waals surface area contributed by atoms with E-state index in [1.165, 1.54) is 0 Å². The molecule has 0 amide bonds. The Kier molecular flexibility index (Phi) is 1.90. The van der Waals surface area contributed by atoms with E-state index in [2.05, 4.69) is 4.98 Å². The maximum Gasteiger partial charge on any atom is 0.417 e. The van der Waals surface area contributed by atoms with Gasteiger partial charge in [0.15, 0.2) is 5.58 Å². The van der Waals surface area contributed by atoms with Crippen LogP contribution < -0.4 is 5.76 Å². The van der Waals surface area contributed by atoms with Crippen molar-refractivity contribution in [2.45, 2.75) is 0 Å². The predicted molar refractivity (Wildman–Crippen MR) is 62.3 cm³/mol. The smallest absolute Gasteiger partial charge is 0.408 e. The Hall–Kier alpha value is -2.29. The fourth-order valence-corrected chi connectivity index (χ4v) is 1.76. The van der Waals surface area contributed by atoms with E-state index in [0.717, 1.165) is 16.6 Å². The van der Waals surface area contributed by atoms with Crippen LogP contribution in [0.1, 0.15) is 0 Å². The van der Waals surface area contributed by atoms with Crippen LogP contribution in [-0.4, -0.2) is 4.98 Å². The molecule has 0 bridgehead atoms. The summed E-state index contributed by atoms with van der Waals surface area (Å²) in [6, 6.07) is 15.6. The molecule has 0 aliphatic heterocycles. The molecule has 0 saturated carbocycles. The minimum atomic E-state index is -0.416. The quantitative estimate of drug-likeness (QED) is 0.672. The maximum absolute atomic E-state index is 11.0. The van der Waals surface area contributed by atoms with E-state index in [9.17, 15) is 4.79 Å². The van der Waals surface area contributed by atoms with Gasteiger partial charge in [-0.1, -0.05) is 36.4 Å². The third-order valence-electron chi connectivity index (χ3n) is 2.53. The van der Waals surface area contributed by atoms with Crippen molar-refractivity contribution in [3.8, 4) is 11.1 Å². The van der Waals surface area contributed by atoms with E-state index in [-0.39, 0.29) is 0 Å². The Morgan fingerprint density at radius 3 is 2.56 bits per heavy atom. The maximum atomic E-state index is 11.0. The van der Waals surface area contributed by atoms with Gasteiger partial charge in [-0.05, 0) is 23.3 Å². The van der Waals surface area contributed by atoms with Gasteiger partial charge >= 0.3 is 5.76 Å². The van der Waals surface area contributed by atoms with E-state index in [0.29, 0.717) is 5.58 Å². The molecule has 16 heavy (non-hydrogen) atoms. The summed E-state index contributed by atoms with van der Waals surface area (Å²) < 4.78 is 5.02. The highest BCUT2D eigenvalue weighted by Crippen LogP contribution is 2.22. The number of H-pyrrole nitrogens is 1. The van der Waals surface area contributed by atoms with Gasteiger partial charge in [0.2, 0.25) is 0 Å². The molecule has 0 aliphatic rings. The zero-order valence-corrected chi connectivity index (χ0v) is 8.44. The summed E-state index contributed by atoms with van der Waals surface area (Å²) in [7, 11) is 0. The van der Waals surface area contributed by atoms with E-state index in [1.807, 2.05) is 48.5 Å². The van der Waals surface area contributed by atoms with Gasteiger partial charge in [-0.2, -0.15) is 0 Å². The monoisotopic (exact) mass is 211 g/mol. The Labute approximate surface area is 91.3 Å². The number of oxazole rings is 1. The van der Waals surface area contributed by atoms with Crippen LogP contribution in [0.2, 0.25) is 0 Å². The second-order valence-electron chi connectivity index (χ2n) is 3.59. The van der Waals surface area contributed by atoms with Gasteiger partial charge in [0, 0.05) is 0 Å². The zero-order valence-electron chi connectivity index (χ0n) is 8.44. The molecular formula is C13H9NO2. The minimum absolute atomic E-state index is 0.416. The van der Waals surface area contributed by atoms with Crippen LogP contribution in [0.15, 0.2) is 57.7 Å². The summed E-state index contributed by atoms with van der Waals surface area (Å²) in [5, 5.41) is 0. The number of fused-ring (bicyclic) bond motifs is 1. The molecule has 1 heterocycles. The van der Waals surface area contributed by atoms with Gasteiger partial charge in [0.25, 0.3) is 0 Å². The summed E-state index contributed by atoms with van der Waals surface area (Å²) in [6.07, 6.45) is 0. The molecule has 3 aromatic rings. The topological polar surface area (TPSA) is 46.0 Å². The average molecular weight is 211 g/mol. The molecule has 2 aromatic carbocycles. The highest BCUT2D eigenvalue weighted by molar-refractivity contribution is 5.79. The lowest BCUT2D eigenvalue weighted by Gasteiger charge is -1.99. The lowest BCUT2D eigenvalue weighted by atomic mass is 10.1. The second-order valence-corrected chi connectivity index (χ2v) is 3.59. The van der Waals surface area contributed by atoms with Crippen molar-refractivity contribution in [1.82, 2.24) is 4.98 Å². The molecule has 0 aliphatic carbocycles. The van der Waals surface area contributed by atoms with Gasteiger partial charge in [-0.15, -0.1) is 0 Å². The van der Waals surface area contributed by atoms with E-state index in [4.69, 9.17) is 4.42 Å². The second kappa shape index (κ2) is 3.38. The number of rotatable bonds is 1. The van der Waals surface area contributed by atoms with Gasteiger partial charge in [0.1, 0.15) is 0 Å². The van der Waals surface area contributed by atoms with Crippen LogP contribution >= 0.6 is 0 Å². The van der Waals surface area contributed by atoms with Gasteiger partial charge in [-0.3, -0.25) is 4.98 Å². The van der Waals surface area contributed by atoms with Crippen molar-refractivity contribution in [2.24, 2.45) is 0 Å². The van der Waals surface area contributed by atoms with Crippen molar-refractivity contribution in [2.75, 3.05) is 0 Å². The first kappa shape index (κ1) is 8.97. The standard InChI is InChI=1S/C13H9NO2/c15-13-14-11-7-6-10(8-12(11)16-13)9-4-2-1-3-5-9/h1-8H,(H,14,15).